The molecule has 1 N–H and O–H groups in total. The van der Waals surface area contributed by atoms with Gasteiger partial charge in [-0.05, 0) is 32.7 Å². The van der Waals surface area contributed by atoms with E-state index in [9.17, 15) is 9.90 Å². The zero-order valence-corrected chi connectivity index (χ0v) is 8.33. The molecule has 1 atom stereocenters. The van der Waals surface area contributed by atoms with Gasteiger partial charge in [-0.3, -0.25) is 0 Å². The summed E-state index contributed by atoms with van der Waals surface area (Å²) < 4.78 is 0. The van der Waals surface area contributed by atoms with Crippen LogP contribution in [0.5, 0.6) is 0 Å². The molecule has 0 aromatic heterocycles. The van der Waals surface area contributed by atoms with Gasteiger partial charge in [-0.1, -0.05) is 0 Å². The molecule has 0 spiro atoms. The Kier molecular flexibility index (Phi) is 4.39. The minimum absolute atomic E-state index is 0.118. The van der Waals surface area contributed by atoms with Gasteiger partial charge in [0.15, 0.2) is 0 Å². The number of hydrogen-bond donors (Lipinski definition) is 1. The highest BCUT2D eigenvalue weighted by molar-refractivity contribution is 5.75. The predicted molar refractivity (Wildman–Crippen MR) is 51.6 cm³/mol. The number of aliphatic hydroxyl groups excluding tert-OH is 1. The molecule has 1 aliphatic rings. The van der Waals surface area contributed by atoms with Gasteiger partial charge in [0.25, 0.3) is 0 Å². The van der Waals surface area contributed by atoms with E-state index in [-0.39, 0.29) is 11.9 Å². The van der Waals surface area contributed by atoms with Crippen molar-refractivity contribution in [2.75, 3.05) is 19.6 Å². The van der Waals surface area contributed by atoms with Crippen molar-refractivity contribution >= 4 is 5.78 Å². The number of unbranched alkanes of at least 4 members (excludes halogenated alkanes) is 1. The first-order valence-electron chi connectivity index (χ1n) is 5.08. The molecule has 0 aromatic rings. The van der Waals surface area contributed by atoms with Crippen molar-refractivity contribution in [1.29, 1.82) is 0 Å². The van der Waals surface area contributed by atoms with Crippen LogP contribution in [0.15, 0.2) is 0 Å². The largest absolute Gasteiger partial charge is 0.392 e. The highest BCUT2D eigenvalue weighted by atomic mass is 16.3. The summed E-state index contributed by atoms with van der Waals surface area (Å²) in [6, 6.07) is 0. The van der Waals surface area contributed by atoms with E-state index in [1.165, 1.54) is 0 Å². The average molecular weight is 185 g/mol. The van der Waals surface area contributed by atoms with Crippen LogP contribution in [0.25, 0.3) is 0 Å². The maximum absolute atomic E-state index is 10.6. The standard InChI is InChI=1S/C10H19NO2/c1-9(12)4-2-3-6-11-7-5-10(13)8-11/h10,13H,2-8H2,1H3/t10-/m1/s1. The lowest BCUT2D eigenvalue weighted by Crippen LogP contribution is -2.23. The summed E-state index contributed by atoms with van der Waals surface area (Å²) in [6.45, 7) is 4.51. The molecule has 1 fully saturated rings. The van der Waals surface area contributed by atoms with Gasteiger partial charge in [0.2, 0.25) is 0 Å². The summed E-state index contributed by atoms with van der Waals surface area (Å²) in [5.74, 6) is 0.279. The van der Waals surface area contributed by atoms with Gasteiger partial charge in [0.1, 0.15) is 5.78 Å². The van der Waals surface area contributed by atoms with E-state index in [1.54, 1.807) is 6.92 Å². The molecule has 3 heteroatoms. The molecular formula is C10H19NO2. The first-order valence-corrected chi connectivity index (χ1v) is 5.08. The number of aliphatic hydroxyl groups is 1. The second-order valence-corrected chi connectivity index (χ2v) is 3.90. The van der Waals surface area contributed by atoms with E-state index < -0.39 is 0 Å². The Balaban J connectivity index is 1.97. The number of Topliss-reactive ketones (excluding diaryl/α,β-unsaturated/α-hetero) is 1. The van der Waals surface area contributed by atoms with E-state index in [2.05, 4.69) is 4.90 Å². The highest BCUT2D eigenvalue weighted by Crippen LogP contribution is 2.09. The Morgan fingerprint density at radius 1 is 1.54 bits per heavy atom. The number of rotatable bonds is 5. The molecule has 1 saturated heterocycles. The van der Waals surface area contributed by atoms with Crippen molar-refractivity contribution in [1.82, 2.24) is 4.90 Å². The monoisotopic (exact) mass is 185 g/mol. The first-order chi connectivity index (χ1) is 6.18. The number of likely N-dealkylation sites (tertiary alicyclic amines) is 1. The fraction of sp³-hybridized carbons (Fsp3) is 0.900. The Bertz CT molecular complexity index is 170. The van der Waals surface area contributed by atoms with Crippen LogP contribution in [-0.4, -0.2) is 41.5 Å². The zero-order valence-electron chi connectivity index (χ0n) is 8.33. The second-order valence-electron chi connectivity index (χ2n) is 3.90. The Morgan fingerprint density at radius 2 is 2.31 bits per heavy atom. The van der Waals surface area contributed by atoms with Gasteiger partial charge in [-0.15, -0.1) is 0 Å². The molecule has 13 heavy (non-hydrogen) atoms. The molecule has 0 saturated carbocycles. The number of carbonyl (C=O) groups excluding carboxylic acids is 1. The maximum Gasteiger partial charge on any atom is 0.129 e. The molecule has 1 rings (SSSR count). The molecular weight excluding hydrogens is 166 g/mol. The molecule has 1 heterocycles. The van der Waals surface area contributed by atoms with Gasteiger partial charge < -0.3 is 14.8 Å². The van der Waals surface area contributed by atoms with Crippen LogP contribution in [0.1, 0.15) is 32.6 Å². The number of hydrogen-bond acceptors (Lipinski definition) is 3. The third-order valence-corrected chi connectivity index (χ3v) is 2.50. The van der Waals surface area contributed by atoms with Crippen LogP contribution >= 0.6 is 0 Å². The van der Waals surface area contributed by atoms with Crippen molar-refractivity contribution in [3.8, 4) is 0 Å². The molecule has 0 unspecified atom stereocenters. The molecule has 76 valence electrons. The van der Waals surface area contributed by atoms with Gasteiger partial charge in [-0.2, -0.15) is 0 Å². The molecule has 0 radical (unpaired) electrons. The number of carbonyl (C=O) groups is 1. The lowest BCUT2D eigenvalue weighted by atomic mass is 10.2. The maximum atomic E-state index is 10.6. The lowest BCUT2D eigenvalue weighted by Gasteiger charge is -2.13. The van der Waals surface area contributed by atoms with Crippen LogP contribution in [0.4, 0.5) is 0 Å². The zero-order chi connectivity index (χ0) is 9.68. The second kappa shape index (κ2) is 5.35. The Morgan fingerprint density at radius 3 is 2.85 bits per heavy atom. The summed E-state index contributed by atoms with van der Waals surface area (Å²) in [6.07, 6.45) is 3.56. The van der Waals surface area contributed by atoms with Gasteiger partial charge in [0, 0.05) is 19.5 Å². The predicted octanol–water partition coefficient (Wildman–Crippen LogP) is 0.812. The summed E-state index contributed by atoms with van der Waals surface area (Å²) in [7, 11) is 0. The minimum Gasteiger partial charge on any atom is -0.392 e. The van der Waals surface area contributed by atoms with Crippen LogP contribution in [0, 0.1) is 0 Å². The van der Waals surface area contributed by atoms with Gasteiger partial charge in [0.05, 0.1) is 6.10 Å². The lowest BCUT2D eigenvalue weighted by molar-refractivity contribution is -0.117. The third kappa shape index (κ3) is 4.39. The average Bonchev–Trinajstić information content (AvgIpc) is 2.45. The first kappa shape index (κ1) is 10.7. The van der Waals surface area contributed by atoms with E-state index in [0.717, 1.165) is 38.9 Å². The van der Waals surface area contributed by atoms with E-state index >= 15 is 0 Å². The summed E-state index contributed by atoms with van der Waals surface area (Å²) in [5, 5.41) is 9.25. The van der Waals surface area contributed by atoms with Gasteiger partial charge in [-0.25, -0.2) is 0 Å². The van der Waals surface area contributed by atoms with Crippen LogP contribution in [0.3, 0.4) is 0 Å². The van der Waals surface area contributed by atoms with Crippen molar-refractivity contribution in [2.45, 2.75) is 38.7 Å². The van der Waals surface area contributed by atoms with E-state index in [4.69, 9.17) is 0 Å². The molecule has 0 bridgehead atoms. The van der Waals surface area contributed by atoms with Crippen molar-refractivity contribution in [3.63, 3.8) is 0 Å². The summed E-state index contributed by atoms with van der Waals surface area (Å²) in [5.41, 5.74) is 0. The summed E-state index contributed by atoms with van der Waals surface area (Å²) in [4.78, 5) is 12.9. The minimum atomic E-state index is -0.118. The highest BCUT2D eigenvalue weighted by Gasteiger charge is 2.18. The van der Waals surface area contributed by atoms with Crippen molar-refractivity contribution in [2.24, 2.45) is 0 Å². The van der Waals surface area contributed by atoms with Crippen LogP contribution < -0.4 is 0 Å². The molecule has 0 aromatic carbocycles. The number of ketones is 1. The fourth-order valence-corrected chi connectivity index (χ4v) is 1.72. The van der Waals surface area contributed by atoms with Gasteiger partial charge >= 0.3 is 0 Å². The molecule has 0 amide bonds. The SMILES string of the molecule is CC(=O)CCCCN1CC[C@@H](O)C1. The van der Waals surface area contributed by atoms with E-state index in [0.29, 0.717) is 6.42 Å². The van der Waals surface area contributed by atoms with Crippen LogP contribution in [-0.2, 0) is 4.79 Å². The smallest absolute Gasteiger partial charge is 0.129 e. The number of nitrogens with zero attached hydrogens (tertiary/aromatic N) is 1. The fourth-order valence-electron chi connectivity index (χ4n) is 1.72. The molecule has 3 nitrogen and oxygen atoms in total. The Hall–Kier alpha value is -0.410. The van der Waals surface area contributed by atoms with Crippen molar-refractivity contribution < 1.29 is 9.90 Å². The normalized spacial score (nSPS) is 23.7. The topological polar surface area (TPSA) is 40.5 Å². The van der Waals surface area contributed by atoms with E-state index in [1.807, 2.05) is 0 Å². The van der Waals surface area contributed by atoms with Crippen LogP contribution in [0.2, 0.25) is 0 Å². The summed E-state index contributed by atoms with van der Waals surface area (Å²) >= 11 is 0. The quantitative estimate of drug-likeness (QED) is 0.644. The number of β-amino-alcohol motifs (C(OH)–C–C–N with tert-alkyl or cyclic N) is 1. The molecule has 0 aliphatic carbocycles. The Labute approximate surface area is 79.7 Å². The molecule has 1 aliphatic heterocycles. The third-order valence-electron chi connectivity index (χ3n) is 2.50. The van der Waals surface area contributed by atoms with Crippen molar-refractivity contribution in [3.05, 3.63) is 0 Å².